The predicted molar refractivity (Wildman–Crippen MR) is 83.3 cm³/mol. The van der Waals surface area contributed by atoms with Gasteiger partial charge in [0.15, 0.2) is 0 Å². The molecule has 0 spiro atoms. The molecule has 0 amide bonds. The van der Waals surface area contributed by atoms with Crippen LogP contribution in [-0.4, -0.2) is 33.3 Å². The Morgan fingerprint density at radius 3 is 2.47 bits per heavy atom. The van der Waals surface area contributed by atoms with Crippen LogP contribution in [0.1, 0.15) is 33.1 Å². The lowest BCUT2D eigenvalue weighted by molar-refractivity contribution is 0.415. The van der Waals surface area contributed by atoms with Gasteiger partial charge in [0, 0.05) is 25.3 Å². The second kappa shape index (κ2) is 8.81. The van der Waals surface area contributed by atoms with Crippen LogP contribution in [0.3, 0.4) is 0 Å². The molecule has 0 saturated heterocycles. The number of benzene rings is 1. The number of anilines is 1. The Balaban J connectivity index is 2.24. The molecule has 0 bridgehead atoms. The van der Waals surface area contributed by atoms with Gasteiger partial charge in [-0.3, -0.25) is 0 Å². The van der Waals surface area contributed by atoms with Gasteiger partial charge in [0.2, 0.25) is 0 Å². The molecule has 0 aliphatic heterocycles. The van der Waals surface area contributed by atoms with Gasteiger partial charge in [-0.2, -0.15) is 0 Å². The van der Waals surface area contributed by atoms with E-state index in [0.717, 1.165) is 18.8 Å². The van der Waals surface area contributed by atoms with E-state index in [1.165, 1.54) is 24.9 Å². The van der Waals surface area contributed by atoms with Gasteiger partial charge in [-0.25, -0.2) is 0 Å². The van der Waals surface area contributed by atoms with Gasteiger partial charge in [-0.05, 0) is 50.6 Å². The van der Waals surface area contributed by atoms with Crippen LogP contribution in [0.15, 0.2) is 24.3 Å². The molecule has 0 aliphatic carbocycles. The molecular formula is C16H28N2O. The zero-order valence-corrected chi connectivity index (χ0v) is 12.8. The molecule has 0 saturated carbocycles. The lowest BCUT2D eigenvalue weighted by Crippen LogP contribution is -2.25. The minimum Gasteiger partial charge on any atom is -0.497 e. The molecule has 19 heavy (non-hydrogen) atoms. The maximum atomic E-state index is 5.17. The first-order valence-electron chi connectivity index (χ1n) is 7.26. The number of hydrogen-bond acceptors (Lipinski definition) is 3. The van der Waals surface area contributed by atoms with Crippen molar-refractivity contribution in [1.29, 1.82) is 0 Å². The molecular weight excluding hydrogens is 236 g/mol. The first-order valence-corrected chi connectivity index (χ1v) is 7.26. The molecule has 1 rings (SSSR count). The Kier molecular flexibility index (Phi) is 7.34. The quantitative estimate of drug-likeness (QED) is 0.693. The number of nitrogens with one attached hydrogen (secondary N) is 1. The fraction of sp³-hybridized carbons (Fsp3) is 0.625. The van der Waals surface area contributed by atoms with Crippen LogP contribution < -0.4 is 15.0 Å². The van der Waals surface area contributed by atoms with Gasteiger partial charge in [0.1, 0.15) is 5.75 Å². The lowest BCUT2D eigenvalue weighted by atomic mass is 10.1. The average Bonchev–Trinajstić information content (AvgIpc) is 2.44. The molecule has 3 nitrogen and oxygen atoms in total. The highest BCUT2D eigenvalue weighted by Gasteiger charge is 2.03. The van der Waals surface area contributed by atoms with Gasteiger partial charge in [-0.1, -0.05) is 13.3 Å². The van der Waals surface area contributed by atoms with Gasteiger partial charge in [0.05, 0.1) is 7.11 Å². The fourth-order valence-electron chi connectivity index (χ4n) is 2.22. The van der Waals surface area contributed by atoms with Crippen LogP contribution >= 0.6 is 0 Å². The minimum atomic E-state index is 0.635. The summed E-state index contributed by atoms with van der Waals surface area (Å²) in [5, 5.41) is 3.45. The maximum absolute atomic E-state index is 5.17. The second-order valence-corrected chi connectivity index (χ2v) is 5.07. The van der Waals surface area contributed by atoms with Crippen molar-refractivity contribution < 1.29 is 4.74 Å². The zero-order valence-electron chi connectivity index (χ0n) is 12.8. The van der Waals surface area contributed by atoms with Crippen LogP contribution in [0.4, 0.5) is 5.69 Å². The SMILES string of the molecule is CCNC(C)CCCCN(C)c1ccc(OC)cc1. The van der Waals surface area contributed by atoms with E-state index in [0.29, 0.717) is 6.04 Å². The van der Waals surface area contributed by atoms with Gasteiger partial charge < -0.3 is 15.0 Å². The Morgan fingerprint density at radius 2 is 1.89 bits per heavy atom. The molecule has 1 atom stereocenters. The van der Waals surface area contributed by atoms with E-state index < -0.39 is 0 Å². The molecule has 1 unspecified atom stereocenters. The van der Waals surface area contributed by atoms with Crippen LogP contribution in [0.5, 0.6) is 5.75 Å². The Bertz CT molecular complexity index is 337. The summed E-state index contributed by atoms with van der Waals surface area (Å²) >= 11 is 0. The highest BCUT2D eigenvalue weighted by molar-refractivity contribution is 5.48. The minimum absolute atomic E-state index is 0.635. The van der Waals surface area contributed by atoms with E-state index in [4.69, 9.17) is 4.74 Å². The zero-order chi connectivity index (χ0) is 14.1. The molecule has 0 radical (unpaired) electrons. The number of ether oxygens (including phenoxy) is 1. The number of hydrogen-bond donors (Lipinski definition) is 1. The van der Waals surface area contributed by atoms with Gasteiger partial charge >= 0.3 is 0 Å². The third kappa shape index (κ3) is 5.97. The van der Waals surface area contributed by atoms with Crippen LogP contribution in [-0.2, 0) is 0 Å². The molecule has 0 heterocycles. The van der Waals surface area contributed by atoms with Gasteiger partial charge in [0.25, 0.3) is 0 Å². The van der Waals surface area contributed by atoms with E-state index in [2.05, 4.69) is 43.2 Å². The largest absolute Gasteiger partial charge is 0.497 e. The van der Waals surface area contributed by atoms with Crippen molar-refractivity contribution in [3.8, 4) is 5.75 Å². The van der Waals surface area contributed by atoms with Crippen LogP contribution in [0.2, 0.25) is 0 Å². The summed E-state index contributed by atoms with van der Waals surface area (Å²) in [6.07, 6.45) is 3.76. The highest BCUT2D eigenvalue weighted by Crippen LogP contribution is 2.18. The van der Waals surface area contributed by atoms with E-state index in [-0.39, 0.29) is 0 Å². The summed E-state index contributed by atoms with van der Waals surface area (Å²) in [5.74, 6) is 0.914. The molecule has 0 fully saturated rings. The van der Waals surface area contributed by atoms with Crippen molar-refractivity contribution in [2.45, 2.75) is 39.2 Å². The summed E-state index contributed by atoms with van der Waals surface area (Å²) in [5.41, 5.74) is 1.25. The van der Waals surface area contributed by atoms with Crippen molar-refractivity contribution >= 4 is 5.69 Å². The number of methoxy groups -OCH3 is 1. The molecule has 3 heteroatoms. The smallest absolute Gasteiger partial charge is 0.119 e. The molecule has 0 aromatic heterocycles. The normalized spacial score (nSPS) is 12.2. The third-order valence-electron chi connectivity index (χ3n) is 3.45. The van der Waals surface area contributed by atoms with Crippen LogP contribution in [0, 0.1) is 0 Å². The summed E-state index contributed by atoms with van der Waals surface area (Å²) in [7, 11) is 3.85. The Hall–Kier alpha value is -1.22. The standard InChI is InChI=1S/C16H28N2O/c1-5-17-14(2)8-6-7-13-18(3)15-9-11-16(19-4)12-10-15/h9-12,14,17H,5-8,13H2,1-4H3. The Labute approximate surface area is 118 Å². The van der Waals surface area contributed by atoms with Crippen molar-refractivity contribution in [2.24, 2.45) is 0 Å². The fourth-order valence-corrected chi connectivity index (χ4v) is 2.22. The summed E-state index contributed by atoms with van der Waals surface area (Å²) in [6, 6.07) is 8.88. The average molecular weight is 264 g/mol. The molecule has 1 aromatic rings. The number of nitrogens with zero attached hydrogens (tertiary/aromatic N) is 1. The third-order valence-corrected chi connectivity index (χ3v) is 3.45. The number of unbranched alkanes of at least 4 members (excludes halogenated alkanes) is 1. The maximum Gasteiger partial charge on any atom is 0.119 e. The van der Waals surface area contributed by atoms with E-state index in [9.17, 15) is 0 Å². The first-order chi connectivity index (χ1) is 9.17. The van der Waals surface area contributed by atoms with Crippen LogP contribution in [0.25, 0.3) is 0 Å². The topological polar surface area (TPSA) is 24.5 Å². The first kappa shape index (κ1) is 15.8. The van der Waals surface area contributed by atoms with E-state index >= 15 is 0 Å². The number of rotatable bonds is 9. The Morgan fingerprint density at radius 1 is 1.21 bits per heavy atom. The summed E-state index contributed by atoms with van der Waals surface area (Å²) < 4.78 is 5.17. The highest BCUT2D eigenvalue weighted by atomic mass is 16.5. The van der Waals surface area contributed by atoms with Crippen molar-refractivity contribution in [2.75, 3.05) is 32.1 Å². The van der Waals surface area contributed by atoms with Crippen molar-refractivity contribution in [3.63, 3.8) is 0 Å². The van der Waals surface area contributed by atoms with Crippen molar-refractivity contribution in [3.05, 3.63) is 24.3 Å². The molecule has 108 valence electrons. The lowest BCUT2D eigenvalue weighted by Gasteiger charge is -2.20. The molecule has 1 aromatic carbocycles. The van der Waals surface area contributed by atoms with Gasteiger partial charge in [-0.15, -0.1) is 0 Å². The van der Waals surface area contributed by atoms with Crippen molar-refractivity contribution in [1.82, 2.24) is 5.32 Å². The monoisotopic (exact) mass is 264 g/mol. The molecule has 0 aliphatic rings. The second-order valence-electron chi connectivity index (χ2n) is 5.07. The summed E-state index contributed by atoms with van der Waals surface area (Å²) in [4.78, 5) is 2.30. The van der Waals surface area contributed by atoms with E-state index in [1.807, 2.05) is 12.1 Å². The van der Waals surface area contributed by atoms with E-state index in [1.54, 1.807) is 7.11 Å². The summed E-state index contributed by atoms with van der Waals surface area (Å²) in [6.45, 7) is 6.59. The molecule has 1 N–H and O–H groups in total. The predicted octanol–water partition coefficient (Wildman–Crippen LogP) is 3.30.